The highest BCUT2D eigenvalue weighted by atomic mass is 32.1. The van der Waals surface area contributed by atoms with Gasteiger partial charge in [0.15, 0.2) is 5.82 Å². The van der Waals surface area contributed by atoms with Gasteiger partial charge in [0.1, 0.15) is 15.5 Å². The second-order valence-electron chi connectivity index (χ2n) is 8.38. The second kappa shape index (κ2) is 8.62. The molecule has 2 amide bonds. The summed E-state index contributed by atoms with van der Waals surface area (Å²) < 4.78 is 42.5. The number of fused-ring (bicyclic) bond motifs is 1. The molecule has 2 atom stereocenters. The van der Waals surface area contributed by atoms with Gasteiger partial charge in [-0.2, -0.15) is 5.10 Å². The molecule has 5 rings (SSSR count). The van der Waals surface area contributed by atoms with Gasteiger partial charge in [0.2, 0.25) is 5.91 Å². The van der Waals surface area contributed by atoms with Gasteiger partial charge >= 0.3 is 12.3 Å². The van der Waals surface area contributed by atoms with Gasteiger partial charge in [-0.25, -0.2) is 9.48 Å². The number of halogens is 3. The van der Waals surface area contributed by atoms with Crippen molar-refractivity contribution < 1.29 is 37.4 Å². The van der Waals surface area contributed by atoms with E-state index in [9.17, 15) is 32.7 Å². The molecule has 9 nitrogen and oxygen atoms in total. The van der Waals surface area contributed by atoms with E-state index in [0.29, 0.717) is 22.2 Å². The number of hydrogen-bond donors (Lipinski definition) is 3. The van der Waals surface area contributed by atoms with Crippen molar-refractivity contribution in [1.82, 2.24) is 9.78 Å². The van der Waals surface area contributed by atoms with Crippen LogP contribution in [0.5, 0.6) is 5.75 Å². The molecular formula is C24H17F3N4O5S. The van der Waals surface area contributed by atoms with Crippen molar-refractivity contribution in [2.45, 2.75) is 24.2 Å². The molecule has 0 bridgehead atoms. The summed E-state index contributed by atoms with van der Waals surface area (Å²) in [6.07, 6.45) is -4.54. The number of hydrogen-bond acceptors (Lipinski definition) is 6. The number of nitrogens with one attached hydrogen (secondary N) is 1. The van der Waals surface area contributed by atoms with Gasteiger partial charge in [-0.15, -0.1) is 24.5 Å². The Morgan fingerprint density at radius 1 is 1.14 bits per heavy atom. The third-order valence-electron chi connectivity index (χ3n) is 6.12. The van der Waals surface area contributed by atoms with E-state index in [1.54, 1.807) is 30.3 Å². The maximum Gasteiger partial charge on any atom is 0.573 e. The second-order valence-corrected chi connectivity index (χ2v) is 9.41. The quantitative estimate of drug-likeness (QED) is 0.326. The SMILES string of the molecule is NC(=O)C1(c2ccccc2)CC1n1nc(NC(=O)c2ccc(OC(F)(F)F)cc2)c2cc(C(=O)O)sc21. The van der Waals surface area contributed by atoms with E-state index in [4.69, 9.17) is 5.73 Å². The van der Waals surface area contributed by atoms with Crippen LogP contribution in [0, 0.1) is 0 Å². The normalized spacial score (nSPS) is 18.9. The zero-order chi connectivity index (χ0) is 26.5. The smallest absolute Gasteiger partial charge is 0.477 e. The Bertz CT molecular complexity index is 1530. The average Bonchev–Trinajstić information content (AvgIpc) is 3.30. The summed E-state index contributed by atoms with van der Waals surface area (Å²) in [5, 5.41) is 16.9. The summed E-state index contributed by atoms with van der Waals surface area (Å²) in [4.78, 5) is 37.4. The molecule has 0 aliphatic heterocycles. The van der Waals surface area contributed by atoms with Crippen molar-refractivity contribution in [1.29, 1.82) is 0 Å². The number of carbonyl (C=O) groups is 3. The number of benzene rings is 2. The van der Waals surface area contributed by atoms with Gasteiger partial charge in [0.05, 0.1) is 16.8 Å². The van der Waals surface area contributed by atoms with Crippen LogP contribution >= 0.6 is 11.3 Å². The Morgan fingerprint density at radius 3 is 2.41 bits per heavy atom. The lowest BCUT2D eigenvalue weighted by Crippen LogP contribution is -2.31. The fourth-order valence-electron chi connectivity index (χ4n) is 4.32. The van der Waals surface area contributed by atoms with Crippen LogP contribution < -0.4 is 15.8 Å². The first-order chi connectivity index (χ1) is 17.5. The van der Waals surface area contributed by atoms with E-state index >= 15 is 0 Å². The summed E-state index contributed by atoms with van der Waals surface area (Å²) >= 11 is 0.933. The summed E-state index contributed by atoms with van der Waals surface area (Å²) in [6, 6.07) is 14.0. The van der Waals surface area contributed by atoms with E-state index in [1.165, 1.54) is 10.7 Å². The van der Waals surface area contributed by atoms with E-state index in [2.05, 4.69) is 15.2 Å². The molecule has 0 radical (unpaired) electrons. The number of carboxylic acid groups (broad SMARTS) is 1. The first kappa shape index (κ1) is 24.3. The number of carboxylic acids is 1. The topological polar surface area (TPSA) is 137 Å². The number of nitrogens with zero attached hydrogens (tertiary/aromatic N) is 2. The molecule has 1 saturated carbocycles. The number of primary amides is 1. The molecule has 2 unspecified atom stereocenters. The zero-order valence-electron chi connectivity index (χ0n) is 18.7. The largest absolute Gasteiger partial charge is 0.573 e. The van der Waals surface area contributed by atoms with Crippen LogP contribution in [0.3, 0.4) is 0 Å². The van der Waals surface area contributed by atoms with Gasteiger partial charge in [-0.05, 0) is 42.3 Å². The molecule has 2 aromatic carbocycles. The fraction of sp³-hybridized carbons (Fsp3) is 0.167. The van der Waals surface area contributed by atoms with Crippen LogP contribution in [-0.4, -0.2) is 39.0 Å². The standard InChI is InChI=1S/C24H17F3N4O5S/c25-24(26,27)36-14-8-6-12(7-9-14)19(32)29-18-15-10-16(21(33)34)37-20(15)31(30-18)17-11-23(17,22(28)35)13-4-2-1-3-5-13/h1-10,17H,11H2,(H2,28,35)(H,33,34)(H,29,30,32). The molecule has 2 heterocycles. The summed E-state index contributed by atoms with van der Waals surface area (Å²) in [5.74, 6) is -2.87. The number of aromatic carboxylic acids is 1. The van der Waals surface area contributed by atoms with Gasteiger partial charge < -0.3 is 20.9 Å². The van der Waals surface area contributed by atoms with E-state index in [0.717, 1.165) is 35.6 Å². The lowest BCUT2D eigenvalue weighted by atomic mass is 9.94. The molecule has 1 fully saturated rings. The summed E-state index contributed by atoms with van der Waals surface area (Å²) in [6.45, 7) is 0. The number of thiophene rings is 1. The predicted octanol–water partition coefficient (Wildman–Crippen LogP) is 4.32. The van der Waals surface area contributed by atoms with Crippen LogP contribution in [0.1, 0.15) is 38.1 Å². The molecule has 0 spiro atoms. The molecule has 1 aliphatic carbocycles. The first-order valence-corrected chi connectivity index (χ1v) is 11.6. The Balaban J connectivity index is 1.49. The Kier molecular flexibility index (Phi) is 5.67. The van der Waals surface area contributed by atoms with Crippen LogP contribution in [0.25, 0.3) is 10.2 Å². The number of aromatic nitrogens is 2. The zero-order valence-corrected chi connectivity index (χ0v) is 19.5. The third kappa shape index (κ3) is 4.37. The molecule has 1 aliphatic rings. The molecule has 0 saturated heterocycles. The lowest BCUT2D eigenvalue weighted by Gasteiger charge is -2.14. The van der Waals surface area contributed by atoms with Crippen LogP contribution in [0.2, 0.25) is 0 Å². The fourth-order valence-corrected chi connectivity index (χ4v) is 5.32. The van der Waals surface area contributed by atoms with E-state index in [-0.39, 0.29) is 16.3 Å². The summed E-state index contributed by atoms with van der Waals surface area (Å²) in [5.41, 5.74) is 5.44. The predicted molar refractivity (Wildman–Crippen MR) is 127 cm³/mol. The summed E-state index contributed by atoms with van der Waals surface area (Å²) in [7, 11) is 0. The number of ether oxygens (including phenoxy) is 1. The van der Waals surface area contributed by atoms with Gasteiger partial charge in [0.25, 0.3) is 5.91 Å². The Hall–Kier alpha value is -4.39. The molecule has 37 heavy (non-hydrogen) atoms. The van der Waals surface area contributed by atoms with E-state index < -0.39 is 41.4 Å². The van der Waals surface area contributed by atoms with Crippen molar-refractivity contribution in [3.05, 3.63) is 76.7 Å². The van der Waals surface area contributed by atoms with Crippen molar-refractivity contribution in [2.75, 3.05) is 5.32 Å². The van der Waals surface area contributed by atoms with Crippen molar-refractivity contribution >= 4 is 45.2 Å². The molecule has 4 N–H and O–H groups in total. The average molecular weight is 530 g/mol. The van der Waals surface area contributed by atoms with Crippen LogP contribution in [-0.2, 0) is 10.2 Å². The molecule has 190 valence electrons. The minimum Gasteiger partial charge on any atom is -0.477 e. The van der Waals surface area contributed by atoms with Crippen LogP contribution in [0.4, 0.5) is 19.0 Å². The number of rotatable bonds is 7. The van der Waals surface area contributed by atoms with Gasteiger partial charge in [-0.3, -0.25) is 9.59 Å². The highest BCUT2D eigenvalue weighted by Crippen LogP contribution is 2.58. The number of amides is 2. The minimum absolute atomic E-state index is 0.00432. The number of nitrogens with two attached hydrogens (primary N) is 1. The lowest BCUT2D eigenvalue weighted by molar-refractivity contribution is -0.274. The number of anilines is 1. The molecule has 2 aromatic heterocycles. The molecular weight excluding hydrogens is 513 g/mol. The maximum absolute atomic E-state index is 12.8. The minimum atomic E-state index is -4.87. The molecule has 4 aromatic rings. The highest BCUT2D eigenvalue weighted by molar-refractivity contribution is 7.20. The van der Waals surface area contributed by atoms with Crippen molar-refractivity contribution in [3.63, 3.8) is 0 Å². The first-order valence-electron chi connectivity index (χ1n) is 10.8. The third-order valence-corrected chi connectivity index (χ3v) is 7.24. The Morgan fingerprint density at radius 2 is 1.81 bits per heavy atom. The monoisotopic (exact) mass is 530 g/mol. The molecule has 13 heteroatoms. The Labute approximate surface area is 210 Å². The van der Waals surface area contributed by atoms with Crippen molar-refractivity contribution in [2.24, 2.45) is 5.73 Å². The number of alkyl halides is 3. The number of carbonyl (C=O) groups excluding carboxylic acids is 2. The van der Waals surface area contributed by atoms with E-state index in [1.807, 2.05) is 0 Å². The van der Waals surface area contributed by atoms with Crippen molar-refractivity contribution in [3.8, 4) is 5.75 Å². The van der Waals surface area contributed by atoms with Gasteiger partial charge in [0, 0.05) is 5.56 Å². The van der Waals surface area contributed by atoms with Gasteiger partial charge in [-0.1, -0.05) is 30.3 Å². The maximum atomic E-state index is 12.8. The highest BCUT2D eigenvalue weighted by Gasteiger charge is 2.62. The van der Waals surface area contributed by atoms with Crippen LogP contribution in [0.15, 0.2) is 60.7 Å².